The highest BCUT2D eigenvalue weighted by atomic mass is 16.5. The number of phenols is 1. The van der Waals surface area contributed by atoms with E-state index >= 15 is 0 Å². The van der Waals surface area contributed by atoms with Crippen LogP contribution in [0.3, 0.4) is 0 Å². The zero-order valence-corrected chi connectivity index (χ0v) is 11.3. The molecule has 1 unspecified atom stereocenters. The van der Waals surface area contributed by atoms with Gasteiger partial charge in [0.25, 0.3) is 0 Å². The van der Waals surface area contributed by atoms with Gasteiger partial charge in [0.1, 0.15) is 5.75 Å². The number of hydrogen-bond acceptors (Lipinski definition) is 4. The number of hydrogen-bond donors (Lipinski definition) is 1. The maximum Gasteiger partial charge on any atom is 0.176 e. The van der Waals surface area contributed by atoms with Gasteiger partial charge in [0.2, 0.25) is 0 Å². The molecule has 1 N–H and O–H groups in total. The van der Waals surface area contributed by atoms with E-state index in [0.717, 1.165) is 32.5 Å². The van der Waals surface area contributed by atoms with Gasteiger partial charge in [-0.15, -0.1) is 0 Å². The minimum Gasteiger partial charge on any atom is -0.508 e. The van der Waals surface area contributed by atoms with Gasteiger partial charge in [0.15, 0.2) is 5.78 Å². The molecule has 0 aliphatic carbocycles. The van der Waals surface area contributed by atoms with Crippen LogP contribution in [-0.4, -0.2) is 48.1 Å². The summed E-state index contributed by atoms with van der Waals surface area (Å²) < 4.78 is 5.63. The van der Waals surface area contributed by atoms with Crippen molar-refractivity contribution in [2.75, 3.05) is 26.2 Å². The summed E-state index contributed by atoms with van der Waals surface area (Å²) in [5.41, 5.74) is 0.649. The summed E-state index contributed by atoms with van der Waals surface area (Å²) in [6, 6.07) is 6.43. The summed E-state index contributed by atoms with van der Waals surface area (Å²) in [7, 11) is 0. The third-order valence-corrected chi connectivity index (χ3v) is 3.42. The van der Waals surface area contributed by atoms with Crippen molar-refractivity contribution in [3.8, 4) is 5.75 Å². The molecule has 1 heterocycles. The van der Waals surface area contributed by atoms with Gasteiger partial charge in [0.05, 0.1) is 12.6 Å². The zero-order valence-electron chi connectivity index (χ0n) is 11.3. The zero-order chi connectivity index (χ0) is 13.7. The molecule has 1 atom stereocenters. The molecule has 0 saturated carbocycles. The van der Waals surface area contributed by atoms with E-state index < -0.39 is 0 Å². The van der Waals surface area contributed by atoms with Gasteiger partial charge >= 0.3 is 0 Å². The number of Topliss-reactive ketones (excluding diaryl/α,β-unsaturated/α-hetero) is 1. The number of ether oxygens (including phenoxy) is 1. The maximum absolute atomic E-state index is 12.1. The fraction of sp³-hybridized carbons (Fsp3) is 0.533. The van der Waals surface area contributed by atoms with Crippen LogP contribution < -0.4 is 0 Å². The number of ketones is 1. The van der Waals surface area contributed by atoms with Crippen molar-refractivity contribution in [1.82, 2.24) is 4.90 Å². The van der Waals surface area contributed by atoms with E-state index in [-0.39, 0.29) is 17.6 Å². The first-order chi connectivity index (χ1) is 9.19. The fourth-order valence-electron chi connectivity index (χ4n) is 2.47. The monoisotopic (exact) mass is 263 g/mol. The van der Waals surface area contributed by atoms with Crippen LogP contribution in [0.25, 0.3) is 0 Å². The van der Waals surface area contributed by atoms with Gasteiger partial charge in [-0.25, -0.2) is 0 Å². The number of piperidine rings is 1. The van der Waals surface area contributed by atoms with E-state index in [4.69, 9.17) is 4.74 Å². The number of carbonyl (C=O) groups is 1. The second-order valence-electron chi connectivity index (χ2n) is 4.92. The Morgan fingerprint density at radius 2 is 2.16 bits per heavy atom. The molecule has 1 saturated heterocycles. The summed E-state index contributed by atoms with van der Waals surface area (Å²) in [6.07, 6.45) is 2.41. The van der Waals surface area contributed by atoms with Crippen LogP contribution in [0.5, 0.6) is 5.75 Å². The lowest BCUT2D eigenvalue weighted by Gasteiger charge is -2.31. The lowest BCUT2D eigenvalue weighted by atomic mass is 10.1. The average Bonchev–Trinajstić information content (AvgIpc) is 2.40. The van der Waals surface area contributed by atoms with Crippen molar-refractivity contribution >= 4 is 5.78 Å². The lowest BCUT2D eigenvalue weighted by molar-refractivity contribution is 0.00718. The number of benzene rings is 1. The van der Waals surface area contributed by atoms with Crippen LogP contribution in [0.1, 0.15) is 30.1 Å². The highest BCUT2D eigenvalue weighted by Gasteiger charge is 2.22. The number of aromatic hydroxyl groups is 1. The van der Waals surface area contributed by atoms with Crippen LogP contribution in [-0.2, 0) is 4.74 Å². The molecule has 19 heavy (non-hydrogen) atoms. The normalized spacial score (nSPS) is 20.4. The molecule has 104 valence electrons. The van der Waals surface area contributed by atoms with Gasteiger partial charge in [-0.2, -0.15) is 0 Å². The molecule has 4 heteroatoms. The smallest absolute Gasteiger partial charge is 0.176 e. The fourth-order valence-corrected chi connectivity index (χ4v) is 2.47. The first-order valence-corrected chi connectivity index (χ1v) is 6.85. The molecule has 0 aromatic heterocycles. The molecule has 0 bridgehead atoms. The van der Waals surface area contributed by atoms with Crippen molar-refractivity contribution in [3.63, 3.8) is 0 Å². The Hall–Kier alpha value is -1.39. The molecular weight excluding hydrogens is 242 g/mol. The molecule has 0 spiro atoms. The Balaban J connectivity index is 1.89. The Labute approximate surface area is 114 Å². The van der Waals surface area contributed by atoms with E-state index in [0.29, 0.717) is 12.1 Å². The van der Waals surface area contributed by atoms with E-state index in [1.54, 1.807) is 24.3 Å². The molecule has 2 rings (SSSR count). The lowest BCUT2D eigenvalue weighted by Crippen LogP contribution is -2.42. The van der Waals surface area contributed by atoms with Gasteiger partial charge in [-0.3, -0.25) is 9.69 Å². The Morgan fingerprint density at radius 1 is 1.42 bits per heavy atom. The third-order valence-electron chi connectivity index (χ3n) is 3.42. The first kappa shape index (κ1) is 14.0. The van der Waals surface area contributed by atoms with Gasteiger partial charge in [-0.05, 0) is 50.6 Å². The highest BCUT2D eigenvalue weighted by molar-refractivity contribution is 5.97. The topological polar surface area (TPSA) is 49.8 Å². The molecule has 0 radical (unpaired) electrons. The van der Waals surface area contributed by atoms with Crippen molar-refractivity contribution in [2.45, 2.75) is 25.9 Å². The second kappa shape index (κ2) is 6.68. The quantitative estimate of drug-likeness (QED) is 0.826. The molecular formula is C15H21NO3. The Morgan fingerprint density at radius 3 is 2.84 bits per heavy atom. The summed E-state index contributed by atoms with van der Waals surface area (Å²) in [6.45, 7) is 4.93. The number of likely N-dealkylation sites (tertiary alicyclic amines) is 1. The van der Waals surface area contributed by atoms with Gasteiger partial charge in [0, 0.05) is 18.7 Å². The van der Waals surface area contributed by atoms with E-state index in [1.807, 2.05) is 6.92 Å². The van der Waals surface area contributed by atoms with Crippen LogP contribution in [0.4, 0.5) is 0 Å². The third kappa shape index (κ3) is 4.04. The molecule has 1 fully saturated rings. The summed E-state index contributed by atoms with van der Waals surface area (Å²) in [5, 5.41) is 9.22. The number of rotatable bonds is 5. The van der Waals surface area contributed by atoms with Crippen LogP contribution in [0, 0.1) is 0 Å². The maximum atomic E-state index is 12.1. The molecule has 1 aromatic carbocycles. The predicted molar refractivity (Wildman–Crippen MR) is 73.5 cm³/mol. The standard InChI is InChI=1S/C15H21NO3/c1-2-19-14-4-3-9-16(10-14)11-15(18)12-5-7-13(17)8-6-12/h5-8,14,17H,2-4,9-11H2,1H3. The van der Waals surface area contributed by atoms with E-state index in [9.17, 15) is 9.90 Å². The first-order valence-electron chi connectivity index (χ1n) is 6.85. The molecule has 1 aliphatic rings. The van der Waals surface area contributed by atoms with Crippen molar-refractivity contribution in [3.05, 3.63) is 29.8 Å². The summed E-state index contributed by atoms with van der Waals surface area (Å²) in [5.74, 6) is 0.281. The predicted octanol–water partition coefficient (Wildman–Crippen LogP) is 2.08. The SMILES string of the molecule is CCOC1CCCN(CC(=O)c2ccc(O)cc2)C1. The van der Waals surface area contributed by atoms with Gasteiger partial charge in [-0.1, -0.05) is 0 Å². The van der Waals surface area contributed by atoms with E-state index in [1.165, 1.54) is 0 Å². The largest absolute Gasteiger partial charge is 0.508 e. The summed E-state index contributed by atoms with van der Waals surface area (Å²) in [4.78, 5) is 14.3. The minimum absolute atomic E-state index is 0.0946. The molecule has 1 aliphatic heterocycles. The number of phenolic OH excluding ortho intramolecular Hbond substituents is 1. The second-order valence-corrected chi connectivity index (χ2v) is 4.92. The number of nitrogens with zero attached hydrogens (tertiary/aromatic N) is 1. The number of carbonyl (C=O) groups excluding carboxylic acids is 1. The van der Waals surface area contributed by atoms with Crippen molar-refractivity contribution in [2.24, 2.45) is 0 Å². The van der Waals surface area contributed by atoms with Crippen LogP contribution in [0.15, 0.2) is 24.3 Å². The van der Waals surface area contributed by atoms with Crippen LogP contribution in [0.2, 0.25) is 0 Å². The van der Waals surface area contributed by atoms with Crippen molar-refractivity contribution < 1.29 is 14.6 Å². The van der Waals surface area contributed by atoms with Crippen molar-refractivity contribution in [1.29, 1.82) is 0 Å². The average molecular weight is 263 g/mol. The van der Waals surface area contributed by atoms with Crippen LogP contribution >= 0.6 is 0 Å². The van der Waals surface area contributed by atoms with E-state index in [2.05, 4.69) is 4.90 Å². The van der Waals surface area contributed by atoms with Gasteiger partial charge < -0.3 is 9.84 Å². The summed E-state index contributed by atoms with van der Waals surface area (Å²) >= 11 is 0. The molecule has 0 amide bonds. The minimum atomic E-state index is 0.0946. The Kier molecular flexibility index (Phi) is 4.93. The molecule has 1 aromatic rings. The Bertz CT molecular complexity index is 414. The highest BCUT2D eigenvalue weighted by Crippen LogP contribution is 2.15. The molecule has 4 nitrogen and oxygen atoms in total.